The van der Waals surface area contributed by atoms with Crippen molar-refractivity contribution in [3.63, 3.8) is 0 Å². The summed E-state index contributed by atoms with van der Waals surface area (Å²) in [4.78, 5) is 49.2. The van der Waals surface area contributed by atoms with Crippen molar-refractivity contribution >= 4 is 23.7 Å². The van der Waals surface area contributed by atoms with Gasteiger partial charge in [0.1, 0.15) is 6.04 Å². The van der Waals surface area contributed by atoms with Crippen LogP contribution < -0.4 is 5.32 Å². The highest BCUT2D eigenvalue weighted by atomic mass is 16.7. The molecule has 0 unspecified atom stereocenters. The average Bonchev–Trinajstić information content (AvgIpc) is 2.79. The van der Waals surface area contributed by atoms with Crippen LogP contribution >= 0.6 is 0 Å². The van der Waals surface area contributed by atoms with Crippen molar-refractivity contribution in [2.24, 2.45) is 0 Å². The third-order valence-electron chi connectivity index (χ3n) is 2.47. The number of imide groups is 1. The first-order valence-electron chi connectivity index (χ1n) is 4.95. The molecule has 2 fully saturated rings. The van der Waals surface area contributed by atoms with E-state index < -0.39 is 23.8 Å². The summed E-state index contributed by atoms with van der Waals surface area (Å²) >= 11 is 0. The van der Waals surface area contributed by atoms with E-state index in [9.17, 15) is 19.2 Å². The van der Waals surface area contributed by atoms with Crippen molar-refractivity contribution in [2.75, 3.05) is 0 Å². The molecule has 1 N–H and O–H groups in total. The van der Waals surface area contributed by atoms with Gasteiger partial charge in [0.05, 0.1) is 0 Å². The van der Waals surface area contributed by atoms with Crippen molar-refractivity contribution < 1.29 is 25.4 Å². The SMILES string of the molecule is O=C1CC[C@@H](C(=O)ON2C(=O)CCC2=O)N1.[HH]. The molecule has 7 nitrogen and oxygen atoms in total. The molecule has 0 aliphatic carbocycles. The molecule has 2 aliphatic rings. The Hall–Kier alpha value is -1.92. The van der Waals surface area contributed by atoms with Gasteiger partial charge in [0.15, 0.2) is 0 Å². The van der Waals surface area contributed by atoms with Crippen LogP contribution in [-0.2, 0) is 24.0 Å². The van der Waals surface area contributed by atoms with E-state index in [1.54, 1.807) is 0 Å². The predicted octanol–water partition coefficient (Wildman–Crippen LogP) is -0.882. The van der Waals surface area contributed by atoms with Gasteiger partial charge in [0, 0.05) is 20.7 Å². The van der Waals surface area contributed by atoms with E-state index in [0.717, 1.165) is 0 Å². The Balaban J connectivity index is 0.00000144. The van der Waals surface area contributed by atoms with Crippen LogP contribution in [0.2, 0.25) is 0 Å². The molecule has 1 atom stereocenters. The topological polar surface area (TPSA) is 92.8 Å². The monoisotopic (exact) mass is 228 g/mol. The van der Waals surface area contributed by atoms with Gasteiger partial charge in [-0.1, -0.05) is 0 Å². The number of carbonyl (C=O) groups is 4. The highest BCUT2D eigenvalue weighted by Gasteiger charge is 2.36. The van der Waals surface area contributed by atoms with Crippen LogP contribution in [0.5, 0.6) is 0 Å². The Morgan fingerprint density at radius 2 is 1.88 bits per heavy atom. The number of carbonyl (C=O) groups excluding carboxylic acids is 4. The lowest BCUT2D eigenvalue weighted by molar-refractivity contribution is -0.198. The van der Waals surface area contributed by atoms with Crippen molar-refractivity contribution in [2.45, 2.75) is 31.7 Å². The summed E-state index contributed by atoms with van der Waals surface area (Å²) in [5, 5.41) is 2.87. The highest BCUT2D eigenvalue weighted by Crippen LogP contribution is 2.15. The Labute approximate surface area is 92.2 Å². The van der Waals surface area contributed by atoms with E-state index in [2.05, 4.69) is 10.2 Å². The minimum atomic E-state index is -0.769. The van der Waals surface area contributed by atoms with E-state index in [-0.39, 0.29) is 26.6 Å². The maximum Gasteiger partial charge on any atom is 0.355 e. The molecule has 16 heavy (non-hydrogen) atoms. The summed E-state index contributed by atoms with van der Waals surface area (Å²) in [6, 6.07) is -0.756. The van der Waals surface area contributed by atoms with Gasteiger partial charge in [-0.2, -0.15) is 0 Å². The number of hydrogen-bond donors (Lipinski definition) is 1. The first kappa shape index (κ1) is 10.6. The molecule has 0 saturated carbocycles. The van der Waals surface area contributed by atoms with E-state index in [1.165, 1.54) is 0 Å². The van der Waals surface area contributed by atoms with Gasteiger partial charge in [-0.25, -0.2) is 4.79 Å². The Morgan fingerprint density at radius 1 is 1.25 bits per heavy atom. The molecule has 2 heterocycles. The lowest BCUT2D eigenvalue weighted by Crippen LogP contribution is -2.40. The molecule has 0 aromatic heterocycles. The van der Waals surface area contributed by atoms with E-state index in [1.807, 2.05) is 0 Å². The van der Waals surface area contributed by atoms with Gasteiger partial charge in [0.25, 0.3) is 11.8 Å². The van der Waals surface area contributed by atoms with E-state index in [4.69, 9.17) is 0 Å². The number of nitrogens with zero attached hydrogens (tertiary/aromatic N) is 1. The van der Waals surface area contributed by atoms with Crippen LogP contribution in [0.15, 0.2) is 0 Å². The quantitative estimate of drug-likeness (QED) is 0.619. The number of nitrogens with one attached hydrogen (secondary N) is 1. The Morgan fingerprint density at radius 3 is 2.38 bits per heavy atom. The third-order valence-corrected chi connectivity index (χ3v) is 2.47. The summed E-state index contributed by atoms with van der Waals surface area (Å²) in [7, 11) is 0. The molecule has 2 saturated heterocycles. The fourth-order valence-corrected chi connectivity index (χ4v) is 1.60. The molecule has 0 aromatic rings. The van der Waals surface area contributed by atoms with Gasteiger partial charge in [-0.3, -0.25) is 14.4 Å². The van der Waals surface area contributed by atoms with Gasteiger partial charge in [0.2, 0.25) is 5.91 Å². The maximum absolute atomic E-state index is 11.5. The second-order valence-electron chi connectivity index (χ2n) is 3.65. The number of hydrogen-bond acceptors (Lipinski definition) is 5. The Bertz CT molecular complexity index is 368. The standard InChI is InChI=1S/C9H10N2O5.H2/c12-6-2-1-5(10-6)9(15)16-11-7(13)3-4-8(11)14;/h5H,1-4H2,(H,10,12);1H/t5-;/m0./s1. The molecule has 0 spiro atoms. The molecule has 0 radical (unpaired) electrons. The van der Waals surface area contributed by atoms with Gasteiger partial charge in [-0.15, -0.1) is 5.06 Å². The minimum absolute atomic E-state index is 0. The van der Waals surface area contributed by atoms with E-state index >= 15 is 0 Å². The molecule has 0 aromatic carbocycles. The van der Waals surface area contributed by atoms with Crippen molar-refractivity contribution in [1.29, 1.82) is 0 Å². The smallest absolute Gasteiger partial charge is 0.343 e. The second-order valence-corrected chi connectivity index (χ2v) is 3.65. The molecular weight excluding hydrogens is 216 g/mol. The maximum atomic E-state index is 11.5. The van der Waals surface area contributed by atoms with Crippen LogP contribution in [0.3, 0.4) is 0 Å². The lowest BCUT2D eigenvalue weighted by Gasteiger charge is -2.15. The largest absolute Gasteiger partial charge is 0.355 e. The van der Waals surface area contributed by atoms with Crippen LogP contribution in [0.25, 0.3) is 0 Å². The highest BCUT2D eigenvalue weighted by molar-refractivity contribution is 6.02. The molecule has 2 rings (SSSR count). The summed E-state index contributed by atoms with van der Waals surface area (Å²) in [6.45, 7) is 0. The number of rotatable bonds is 2. The van der Waals surface area contributed by atoms with Gasteiger partial charge >= 0.3 is 5.97 Å². The average molecular weight is 228 g/mol. The third kappa shape index (κ3) is 1.88. The number of hydroxylamine groups is 2. The first-order chi connectivity index (χ1) is 7.58. The van der Waals surface area contributed by atoms with Crippen LogP contribution in [0.1, 0.15) is 27.1 Å². The van der Waals surface area contributed by atoms with E-state index in [0.29, 0.717) is 11.5 Å². The zero-order valence-electron chi connectivity index (χ0n) is 8.39. The van der Waals surface area contributed by atoms with Crippen LogP contribution in [0, 0.1) is 0 Å². The summed E-state index contributed by atoms with van der Waals surface area (Å²) < 4.78 is 0. The second kappa shape index (κ2) is 3.92. The zero-order chi connectivity index (χ0) is 11.7. The van der Waals surface area contributed by atoms with Gasteiger partial charge in [-0.05, 0) is 6.42 Å². The Kier molecular flexibility index (Phi) is 2.59. The molecule has 88 valence electrons. The molecular formula is C9H12N2O5. The summed E-state index contributed by atoms with van der Waals surface area (Å²) in [6.07, 6.45) is 0.696. The summed E-state index contributed by atoms with van der Waals surface area (Å²) in [5.41, 5.74) is 0. The van der Waals surface area contributed by atoms with Crippen molar-refractivity contribution in [3.05, 3.63) is 0 Å². The van der Waals surface area contributed by atoms with Crippen LogP contribution in [-0.4, -0.2) is 34.8 Å². The molecule has 2 aliphatic heterocycles. The molecule has 0 bridgehead atoms. The fraction of sp³-hybridized carbons (Fsp3) is 0.556. The lowest BCUT2D eigenvalue weighted by atomic mass is 10.2. The molecule has 3 amide bonds. The predicted molar refractivity (Wildman–Crippen MR) is 50.5 cm³/mol. The normalized spacial score (nSPS) is 24.9. The van der Waals surface area contributed by atoms with Crippen LogP contribution in [0.4, 0.5) is 0 Å². The molecule has 7 heteroatoms. The minimum Gasteiger partial charge on any atom is -0.343 e. The van der Waals surface area contributed by atoms with Crippen molar-refractivity contribution in [1.82, 2.24) is 10.4 Å². The number of amides is 3. The fourth-order valence-electron chi connectivity index (χ4n) is 1.60. The summed E-state index contributed by atoms with van der Waals surface area (Å²) in [5.74, 6) is -2.05. The zero-order valence-corrected chi connectivity index (χ0v) is 8.39. The van der Waals surface area contributed by atoms with Crippen molar-refractivity contribution in [3.8, 4) is 0 Å². The first-order valence-corrected chi connectivity index (χ1v) is 4.95. The van der Waals surface area contributed by atoms with Gasteiger partial charge < -0.3 is 10.2 Å².